The molecule has 2 rings (SSSR count). The summed E-state index contributed by atoms with van der Waals surface area (Å²) in [4.78, 5) is 21.6. The summed E-state index contributed by atoms with van der Waals surface area (Å²) < 4.78 is 5.55. The van der Waals surface area contributed by atoms with E-state index in [1.54, 1.807) is 12.4 Å². The zero-order valence-electron chi connectivity index (χ0n) is 12.0. The van der Waals surface area contributed by atoms with Gasteiger partial charge in [0.25, 0.3) is 0 Å². The first-order valence-corrected chi connectivity index (χ1v) is 7.03. The molecule has 6 heteroatoms. The lowest BCUT2D eigenvalue weighted by molar-refractivity contribution is -0.137. The predicted molar refractivity (Wildman–Crippen MR) is 75.0 cm³/mol. The summed E-state index contributed by atoms with van der Waals surface area (Å²) in [6.45, 7) is 4.68. The molecule has 1 fully saturated rings. The molecule has 110 valence electrons. The summed E-state index contributed by atoms with van der Waals surface area (Å²) in [5.41, 5.74) is 0. The van der Waals surface area contributed by atoms with Gasteiger partial charge in [0, 0.05) is 12.6 Å². The van der Waals surface area contributed by atoms with Gasteiger partial charge >= 0.3 is 5.97 Å². The van der Waals surface area contributed by atoms with E-state index in [0.717, 1.165) is 25.8 Å². The molecule has 2 heterocycles. The summed E-state index contributed by atoms with van der Waals surface area (Å²) in [5.74, 6) is 0.413. The summed E-state index contributed by atoms with van der Waals surface area (Å²) in [6, 6.07) is -0.00940. The number of anilines is 1. The van der Waals surface area contributed by atoms with Gasteiger partial charge in [0.2, 0.25) is 5.88 Å². The Hall–Kier alpha value is -1.85. The Morgan fingerprint density at radius 2 is 2.30 bits per heavy atom. The second kappa shape index (κ2) is 6.54. The Morgan fingerprint density at radius 3 is 3.00 bits per heavy atom. The van der Waals surface area contributed by atoms with Crippen LogP contribution in [0.2, 0.25) is 0 Å². The number of hydrogen-bond donors (Lipinski definition) is 1. The molecule has 1 aromatic rings. The van der Waals surface area contributed by atoms with E-state index in [2.05, 4.69) is 9.97 Å². The van der Waals surface area contributed by atoms with Crippen molar-refractivity contribution < 1.29 is 14.6 Å². The molecule has 6 nitrogen and oxygen atoms in total. The third-order valence-electron chi connectivity index (χ3n) is 3.29. The maximum atomic E-state index is 11.0. The lowest BCUT2D eigenvalue weighted by Gasteiger charge is -2.35. The second-order valence-electron chi connectivity index (χ2n) is 5.32. The molecule has 1 aromatic heterocycles. The Labute approximate surface area is 118 Å². The molecule has 1 unspecified atom stereocenters. The first-order chi connectivity index (χ1) is 9.56. The van der Waals surface area contributed by atoms with E-state index in [-0.39, 0.29) is 18.6 Å². The van der Waals surface area contributed by atoms with E-state index in [4.69, 9.17) is 9.84 Å². The SMILES string of the molecule is CC(C)Oc1cncc(N2CCCCC2CC(=O)O)n1. The summed E-state index contributed by atoms with van der Waals surface area (Å²) >= 11 is 0. The average molecular weight is 279 g/mol. The van der Waals surface area contributed by atoms with Crippen LogP contribution in [0.15, 0.2) is 12.4 Å². The van der Waals surface area contributed by atoms with Crippen LogP contribution in [0, 0.1) is 0 Å². The van der Waals surface area contributed by atoms with Crippen molar-refractivity contribution in [3.63, 3.8) is 0 Å². The van der Waals surface area contributed by atoms with Gasteiger partial charge in [-0.05, 0) is 33.1 Å². The molecule has 0 aromatic carbocycles. The van der Waals surface area contributed by atoms with Gasteiger partial charge in [0.1, 0.15) is 0 Å². The highest BCUT2D eigenvalue weighted by Gasteiger charge is 2.26. The van der Waals surface area contributed by atoms with Crippen LogP contribution in [0.4, 0.5) is 5.82 Å². The van der Waals surface area contributed by atoms with Gasteiger partial charge < -0.3 is 14.7 Å². The molecule has 20 heavy (non-hydrogen) atoms. The highest BCUT2D eigenvalue weighted by atomic mass is 16.5. The van der Waals surface area contributed by atoms with E-state index < -0.39 is 5.97 Å². The van der Waals surface area contributed by atoms with E-state index in [9.17, 15) is 4.79 Å². The van der Waals surface area contributed by atoms with Crippen molar-refractivity contribution in [1.29, 1.82) is 0 Å². The molecule has 0 aliphatic carbocycles. The maximum Gasteiger partial charge on any atom is 0.305 e. The molecule has 0 bridgehead atoms. The monoisotopic (exact) mass is 279 g/mol. The summed E-state index contributed by atoms with van der Waals surface area (Å²) in [6.07, 6.45) is 6.42. The van der Waals surface area contributed by atoms with Gasteiger partial charge in [-0.25, -0.2) is 0 Å². The summed E-state index contributed by atoms with van der Waals surface area (Å²) in [7, 11) is 0. The lowest BCUT2D eigenvalue weighted by Crippen LogP contribution is -2.41. The van der Waals surface area contributed by atoms with Crippen LogP contribution in [0.25, 0.3) is 0 Å². The number of aromatic nitrogens is 2. The molecule has 1 saturated heterocycles. The minimum absolute atomic E-state index is 0.00940. The normalized spacial score (nSPS) is 19.1. The molecule has 0 radical (unpaired) electrons. The van der Waals surface area contributed by atoms with Crippen LogP contribution < -0.4 is 9.64 Å². The van der Waals surface area contributed by atoms with Crippen molar-refractivity contribution in [3.8, 4) is 5.88 Å². The van der Waals surface area contributed by atoms with Crippen molar-refractivity contribution >= 4 is 11.8 Å². The Bertz CT molecular complexity index is 465. The number of aliphatic carboxylic acids is 1. The highest BCUT2D eigenvalue weighted by Crippen LogP contribution is 2.26. The van der Waals surface area contributed by atoms with Gasteiger partial charge in [0.05, 0.1) is 24.9 Å². The largest absolute Gasteiger partial charge is 0.481 e. The fourth-order valence-corrected chi connectivity index (χ4v) is 2.49. The Balaban J connectivity index is 2.16. The van der Waals surface area contributed by atoms with Crippen LogP contribution in [-0.4, -0.2) is 39.7 Å². The first-order valence-electron chi connectivity index (χ1n) is 7.03. The molecule has 0 saturated carbocycles. The zero-order chi connectivity index (χ0) is 14.5. The van der Waals surface area contributed by atoms with Crippen LogP contribution >= 0.6 is 0 Å². The minimum atomic E-state index is -0.774. The smallest absolute Gasteiger partial charge is 0.305 e. The molecular formula is C14H21N3O3. The molecule has 1 N–H and O–H groups in total. The van der Waals surface area contributed by atoms with Crippen molar-refractivity contribution in [2.24, 2.45) is 0 Å². The van der Waals surface area contributed by atoms with Crippen LogP contribution in [0.3, 0.4) is 0 Å². The number of piperidine rings is 1. The third-order valence-corrected chi connectivity index (χ3v) is 3.29. The maximum absolute atomic E-state index is 11.0. The molecule has 1 atom stereocenters. The van der Waals surface area contributed by atoms with Gasteiger partial charge in [-0.15, -0.1) is 0 Å². The summed E-state index contributed by atoms with van der Waals surface area (Å²) in [5, 5.41) is 9.02. The minimum Gasteiger partial charge on any atom is -0.481 e. The molecule has 1 aliphatic rings. The van der Waals surface area contributed by atoms with Crippen LogP contribution in [-0.2, 0) is 4.79 Å². The number of rotatable bonds is 5. The molecule has 1 aliphatic heterocycles. The zero-order valence-corrected chi connectivity index (χ0v) is 12.0. The number of hydrogen-bond acceptors (Lipinski definition) is 5. The van der Waals surface area contributed by atoms with Gasteiger partial charge in [-0.3, -0.25) is 9.78 Å². The quantitative estimate of drug-likeness (QED) is 0.889. The fraction of sp³-hybridized carbons (Fsp3) is 0.643. The van der Waals surface area contributed by atoms with Crippen molar-refractivity contribution in [2.75, 3.05) is 11.4 Å². The van der Waals surface area contributed by atoms with Gasteiger partial charge in [-0.2, -0.15) is 4.98 Å². The van der Waals surface area contributed by atoms with Crippen molar-refractivity contribution in [3.05, 3.63) is 12.4 Å². The number of carboxylic acid groups (broad SMARTS) is 1. The van der Waals surface area contributed by atoms with Crippen LogP contribution in [0.1, 0.15) is 39.5 Å². The van der Waals surface area contributed by atoms with E-state index in [0.29, 0.717) is 11.7 Å². The molecule has 0 spiro atoms. The second-order valence-corrected chi connectivity index (χ2v) is 5.32. The Kier molecular flexibility index (Phi) is 4.76. The van der Waals surface area contributed by atoms with Crippen LogP contribution in [0.5, 0.6) is 5.88 Å². The number of carbonyl (C=O) groups is 1. The first kappa shape index (κ1) is 14.6. The van der Waals surface area contributed by atoms with Gasteiger partial charge in [0.15, 0.2) is 5.82 Å². The standard InChI is InChI=1S/C14H21N3O3/c1-10(2)20-13-9-15-8-12(16-13)17-6-4-3-5-11(17)7-14(18)19/h8-11H,3-7H2,1-2H3,(H,18,19). The predicted octanol–water partition coefficient (Wildman–Crippen LogP) is 2.10. The van der Waals surface area contributed by atoms with E-state index >= 15 is 0 Å². The lowest BCUT2D eigenvalue weighted by atomic mass is 9.99. The molecule has 0 amide bonds. The molecular weight excluding hydrogens is 258 g/mol. The van der Waals surface area contributed by atoms with E-state index in [1.807, 2.05) is 18.7 Å². The van der Waals surface area contributed by atoms with Crippen molar-refractivity contribution in [2.45, 2.75) is 51.7 Å². The van der Waals surface area contributed by atoms with Gasteiger partial charge in [-0.1, -0.05) is 0 Å². The van der Waals surface area contributed by atoms with Crippen molar-refractivity contribution in [1.82, 2.24) is 9.97 Å². The average Bonchev–Trinajstić information content (AvgIpc) is 2.38. The third kappa shape index (κ3) is 3.82. The number of ether oxygens (including phenoxy) is 1. The number of carboxylic acids is 1. The topological polar surface area (TPSA) is 75.5 Å². The van der Waals surface area contributed by atoms with E-state index in [1.165, 1.54) is 0 Å². The number of nitrogens with zero attached hydrogens (tertiary/aromatic N) is 3. The Morgan fingerprint density at radius 1 is 1.50 bits per heavy atom. The fourth-order valence-electron chi connectivity index (χ4n) is 2.49. The highest BCUT2D eigenvalue weighted by molar-refractivity contribution is 5.68.